The molecule has 4 nitrogen and oxygen atoms in total. The van der Waals surface area contributed by atoms with Crippen LogP contribution in [0.5, 0.6) is 0 Å². The van der Waals surface area contributed by atoms with Crippen LogP contribution < -0.4 is 0 Å². The minimum atomic E-state index is -0.467. The highest BCUT2D eigenvalue weighted by atomic mass is 32.2. The van der Waals surface area contributed by atoms with Gasteiger partial charge in [0, 0.05) is 17.7 Å². The van der Waals surface area contributed by atoms with Crippen LogP contribution in [0.2, 0.25) is 0 Å². The molecule has 17 heavy (non-hydrogen) atoms. The summed E-state index contributed by atoms with van der Waals surface area (Å²) in [4.78, 5) is 22.3. The second kappa shape index (κ2) is 5.31. The predicted octanol–water partition coefficient (Wildman–Crippen LogP) is 3.06. The summed E-state index contributed by atoms with van der Waals surface area (Å²) in [5.41, 5.74) is 0.440. The molecular formula is C12H13NO3S. The van der Waals surface area contributed by atoms with E-state index in [1.165, 1.54) is 12.1 Å². The largest absolute Gasteiger partial charge is 0.293 e. The molecule has 90 valence electrons. The Kier molecular flexibility index (Phi) is 3.78. The first kappa shape index (κ1) is 12.1. The molecule has 1 atom stereocenters. The highest BCUT2D eigenvalue weighted by molar-refractivity contribution is 8.00. The van der Waals surface area contributed by atoms with E-state index in [9.17, 15) is 14.9 Å². The first-order valence-electron chi connectivity index (χ1n) is 5.59. The number of carbonyl (C=O) groups is 1. The number of rotatable bonds is 3. The third-order valence-corrected chi connectivity index (χ3v) is 4.19. The van der Waals surface area contributed by atoms with Crippen molar-refractivity contribution in [2.45, 2.75) is 24.5 Å². The van der Waals surface area contributed by atoms with Gasteiger partial charge in [-0.2, -0.15) is 11.8 Å². The van der Waals surface area contributed by atoms with Crippen molar-refractivity contribution in [2.24, 2.45) is 0 Å². The zero-order valence-electron chi connectivity index (χ0n) is 9.30. The van der Waals surface area contributed by atoms with Crippen molar-refractivity contribution in [1.82, 2.24) is 0 Å². The number of Topliss-reactive ketones (excluding diaryl/α,β-unsaturated/α-hetero) is 1. The van der Waals surface area contributed by atoms with E-state index >= 15 is 0 Å². The van der Waals surface area contributed by atoms with Crippen LogP contribution in [0.3, 0.4) is 0 Å². The lowest BCUT2D eigenvalue weighted by Crippen LogP contribution is -2.21. The SMILES string of the molecule is O=C(c1cccc([N+](=O)[O-])c1)C1CCCCS1. The minimum Gasteiger partial charge on any atom is -0.293 e. The summed E-state index contributed by atoms with van der Waals surface area (Å²) in [6, 6.07) is 6.01. The Morgan fingerprint density at radius 3 is 2.88 bits per heavy atom. The van der Waals surface area contributed by atoms with Gasteiger partial charge in [-0.3, -0.25) is 14.9 Å². The smallest absolute Gasteiger partial charge is 0.270 e. The Hall–Kier alpha value is -1.36. The summed E-state index contributed by atoms with van der Waals surface area (Å²) in [7, 11) is 0. The van der Waals surface area contributed by atoms with E-state index in [2.05, 4.69) is 0 Å². The number of non-ortho nitro benzene ring substituents is 1. The Morgan fingerprint density at radius 1 is 1.41 bits per heavy atom. The number of nitro groups is 1. The number of ketones is 1. The lowest BCUT2D eigenvalue weighted by Gasteiger charge is -2.19. The molecule has 0 bridgehead atoms. The number of carbonyl (C=O) groups excluding carboxylic acids is 1. The maximum Gasteiger partial charge on any atom is 0.270 e. The van der Waals surface area contributed by atoms with Crippen molar-refractivity contribution in [2.75, 3.05) is 5.75 Å². The van der Waals surface area contributed by atoms with E-state index in [1.807, 2.05) is 0 Å². The Bertz CT molecular complexity index is 441. The van der Waals surface area contributed by atoms with Gasteiger partial charge in [0.05, 0.1) is 10.2 Å². The highest BCUT2D eigenvalue weighted by Crippen LogP contribution is 2.28. The third-order valence-electron chi connectivity index (χ3n) is 2.81. The van der Waals surface area contributed by atoms with Crippen molar-refractivity contribution >= 4 is 23.2 Å². The molecule has 0 radical (unpaired) electrons. The van der Waals surface area contributed by atoms with Crippen LogP contribution in [0.15, 0.2) is 24.3 Å². The molecule has 1 aliphatic rings. The number of nitro benzene ring substituents is 1. The van der Waals surface area contributed by atoms with E-state index in [1.54, 1.807) is 23.9 Å². The molecule has 1 aromatic rings. The van der Waals surface area contributed by atoms with Crippen LogP contribution in [0.1, 0.15) is 29.6 Å². The Morgan fingerprint density at radius 2 is 2.24 bits per heavy atom. The van der Waals surface area contributed by atoms with Crippen molar-refractivity contribution in [3.63, 3.8) is 0 Å². The average Bonchev–Trinajstić information content (AvgIpc) is 2.39. The lowest BCUT2D eigenvalue weighted by atomic mass is 10.0. The molecule has 0 aliphatic carbocycles. The molecule has 1 saturated heterocycles. The van der Waals surface area contributed by atoms with E-state index < -0.39 is 4.92 Å². The maximum absolute atomic E-state index is 12.1. The summed E-state index contributed by atoms with van der Waals surface area (Å²) in [6.45, 7) is 0. The number of hydrogen-bond acceptors (Lipinski definition) is 4. The predicted molar refractivity (Wildman–Crippen MR) is 67.5 cm³/mol. The van der Waals surface area contributed by atoms with Crippen LogP contribution in [0.4, 0.5) is 5.69 Å². The number of benzene rings is 1. The first-order valence-corrected chi connectivity index (χ1v) is 6.63. The second-order valence-electron chi connectivity index (χ2n) is 4.03. The minimum absolute atomic E-state index is 0.0170. The molecule has 5 heteroatoms. The summed E-state index contributed by atoms with van der Waals surface area (Å²) >= 11 is 1.66. The number of thioether (sulfide) groups is 1. The summed E-state index contributed by atoms with van der Waals surface area (Å²) < 4.78 is 0. The first-order chi connectivity index (χ1) is 8.18. The van der Waals surface area contributed by atoms with Gasteiger partial charge in [0.2, 0.25) is 0 Å². The third kappa shape index (κ3) is 2.85. The zero-order chi connectivity index (χ0) is 12.3. The van der Waals surface area contributed by atoms with Gasteiger partial charge in [-0.25, -0.2) is 0 Å². The monoisotopic (exact) mass is 251 g/mol. The maximum atomic E-state index is 12.1. The van der Waals surface area contributed by atoms with Crippen LogP contribution in [0, 0.1) is 10.1 Å². The average molecular weight is 251 g/mol. The fourth-order valence-corrected chi connectivity index (χ4v) is 3.18. The molecule has 1 aliphatic heterocycles. The standard InChI is InChI=1S/C12H13NO3S/c14-12(11-6-1-2-7-17-11)9-4-3-5-10(8-9)13(15)16/h3-5,8,11H,1-2,6-7H2. The zero-order valence-corrected chi connectivity index (χ0v) is 10.1. The van der Waals surface area contributed by atoms with Crippen molar-refractivity contribution < 1.29 is 9.72 Å². The summed E-state index contributed by atoms with van der Waals surface area (Å²) in [6.07, 6.45) is 3.11. The van der Waals surface area contributed by atoms with Gasteiger partial charge in [0.1, 0.15) is 0 Å². The Labute approximate surface area is 104 Å². The highest BCUT2D eigenvalue weighted by Gasteiger charge is 2.23. The molecule has 2 rings (SSSR count). The van der Waals surface area contributed by atoms with Gasteiger partial charge in [-0.1, -0.05) is 18.6 Å². The van der Waals surface area contributed by atoms with Crippen LogP contribution in [-0.4, -0.2) is 21.7 Å². The van der Waals surface area contributed by atoms with Crippen LogP contribution in [0.25, 0.3) is 0 Å². The molecule has 0 saturated carbocycles. The molecule has 0 N–H and O–H groups in total. The van der Waals surface area contributed by atoms with Gasteiger partial charge in [0.15, 0.2) is 5.78 Å². The van der Waals surface area contributed by atoms with Gasteiger partial charge in [-0.15, -0.1) is 0 Å². The lowest BCUT2D eigenvalue weighted by molar-refractivity contribution is -0.384. The molecule has 1 heterocycles. The molecular weight excluding hydrogens is 238 g/mol. The van der Waals surface area contributed by atoms with E-state index in [0.29, 0.717) is 5.56 Å². The number of nitrogens with zero attached hydrogens (tertiary/aromatic N) is 1. The molecule has 1 unspecified atom stereocenters. The van der Waals surface area contributed by atoms with Crippen LogP contribution in [-0.2, 0) is 0 Å². The molecule has 1 fully saturated rings. The van der Waals surface area contributed by atoms with E-state index in [4.69, 9.17) is 0 Å². The van der Waals surface area contributed by atoms with E-state index in [0.717, 1.165) is 25.0 Å². The van der Waals surface area contributed by atoms with E-state index in [-0.39, 0.29) is 16.7 Å². The fourth-order valence-electron chi connectivity index (χ4n) is 1.91. The quantitative estimate of drug-likeness (QED) is 0.470. The molecule has 0 amide bonds. The number of hydrogen-bond donors (Lipinski definition) is 0. The van der Waals surface area contributed by atoms with Gasteiger partial charge in [0.25, 0.3) is 5.69 Å². The normalized spacial score (nSPS) is 19.9. The molecule has 1 aromatic carbocycles. The molecule has 0 spiro atoms. The fraction of sp³-hybridized carbons (Fsp3) is 0.417. The van der Waals surface area contributed by atoms with Gasteiger partial charge in [-0.05, 0) is 18.6 Å². The summed E-state index contributed by atoms with van der Waals surface area (Å²) in [5.74, 6) is 1.03. The summed E-state index contributed by atoms with van der Waals surface area (Å²) in [5, 5.41) is 10.6. The van der Waals surface area contributed by atoms with Crippen molar-refractivity contribution in [3.8, 4) is 0 Å². The van der Waals surface area contributed by atoms with Gasteiger partial charge >= 0.3 is 0 Å². The second-order valence-corrected chi connectivity index (χ2v) is 5.34. The Balaban J connectivity index is 2.18. The van der Waals surface area contributed by atoms with Crippen molar-refractivity contribution in [1.29, 1.82) is 0 Å². The topological polar surface area (TPSA) is 60.2 Å². The van der Waals surface area contributed by atoms with Gasteiger partial charge < -0.3 is 0 Å². The molecule has 0 aromatic heterocycles. The van der Waals surface area contributed by atoms with Crippen molar-refractivity contribution in [3.05, 3.63) is 39.9 Å². The van der Waals surface area contributed by atoms with Crippen LogP contribution >= 0.6 is 11.8 Å².